The van der Waals surface area contributed by atoms with Crippen LogP contribution in [0, 0.1) is 0 Å². The Morgan fingerprint density at radius 1 is 1.32 bits per heavy atom. The Morgan fingerprint density at radius 2 is 2.16 bits per heavy atom. The summed E-state index contributed by atoms with van der Waals surface area (Å²) in [5, 5.41) is 4.86. The highest BCUT2D eigenvalue weighted by Crippen LogP contribution is 2.31. The highest BCUT2D eigenvalue weighted by molar-refractivity contribution is 7.10. The number of benzene rings is 1. The van der Waals surface area contributed by atoms with Gasteiger partial charge in [0.2, 0.25) is 0 Å². The van der Waals surface area contributed by atoms with Crippen molar-refractivity contribution in [3.05, 3.63) is 58.3 Å². The lowest BCUT2D eigenvalue weighted by Gasteiger charge is -2.27. The number of nitrogens with one attached hydrogen (secondary N) is 1. The molecule has 1 aliphatic heterocycles. The summed E-state index contributed by atoms with van der Waals surface area (Å²) >= 11 is 1.52. The highest BCUT2D eigenvalue weighted by atomic mass is 32.1. The van der Waals surface area contributed by atoms with E-state index in [1.165, 1.54) is 17.4 Å². The zero-order chi connectivity index (χ0) is 17.6. The summed E-state index contributed by atoms with van der Waals surface area (Å²) in [6, 6.07) is 11.3. The van der Waals surface area contributed by atoms with Crippen LogP contribution in [0.1, 0.15) is 29.8 Å². The molecule has 0 saturated heterocycles. The van der Waals surface area contributed by atoms with Gasteiger partial charge in [0.25, 0.3) is 5.91 Å². The molecule has 2 unspecified atom stereocenters. The van der Waals surface area contributed by atoms with Gasteiger partial charge < -0.3 is 14.8 Å². The first-order chi connectivity index (χ1) is 12.1. The highest BCUT2D eigenvalue weighted by Gasteiger charge is 2.25. The molecular formula is C19H19NO4S. The second-order valence-electron chi connectivity index (χ2n) is 5.66. The molecule has 1 N–H and O–H groups in total. The molecule has 130 valence electrons. The van der Waals surface area contributed by atoms with Gasteiger partial charge in [-0.05, 0) is 30.5 Å². The van der Waals surface area contributed by atoms with E-state index in [2.05, 4.69) is 5.32 Å². The predicted molar refractivity (Wildman–Crippen MR) is 96.3 cm³/mol. The zero-order valence-electron chi connectivity index (χ0n) is 13.8. The Labute approximate surface area is 150 Å². The minimum Gasteiger partial charge on any atom is -0.493 e. The van der Waals surface area contributed by atoms with Crippen molar-refractivity contribution in [3.8, 4) is 5.75 Å². The zero-order valence-corrected chi connectivity index (χ0v) is 14.6. The molecule has 1 aliphatic rings. The largest absolute Gasteiger partial charge is 0.493 e. The number of ether oxygens (including phenoxy) is 2. The maximum atomic E-state index is 12.3. The quantitative estimate of drug-likeness (QED) is 0.658. The van der Waals surface area contributed by atoms with Crippen LogP contribution in [0.4, 0.5) is 0 Å². The smallest absolute Gasteiger partial charge is 0.331 e. The Balaban J connectivity index is 1.55. The summed E-state index contributed by atoms with van der Waals surface area (Å²) in [5.74, 6) is -0.0782. The van der Waals surface area contributed by atoms with Gasteiger partial charge in [-0.25, -0.2) is 4.79 Å². The fourth-order valence-electron chi connectivity index (χ4n) is 2.58. The van der Waals surface area contributed by atoms with Crippen LogP contribution in [0.25, 0.3) is 6.08 Å². The van der Waals surface area contributed by atoms with Crippen LogP contribution < -0.4 is 10.1 Å². The molecule has 1 amide bonds. The number of carbonyl (C=O) groups is 2. The van der Waals surface area contributed by atoms with E-state index in [1.54, 1.807) is 13.0 Å². The van der Waals surface area contributed by atoms with E-state index in [9.17, 15) is 9.59 Å². The average Bonchev–Trinajstić information content (AvgIpc) is 3.14. The third-order valence-corrected chi connectivity index (χ3v) is 4.70. The number of hydrogen-bond acceptors (Lipinski definition) is 5. The van der Waals surface area contributed by atoms with Gasteiger partial charge in [-0.15, -0.1) is 11.3 Å². The Morgan fingerprint density at radius 3 is 2.96 bits per heavy atom. The second-order valence-corrected chi connectivity index (χ2v) is 6.64. The van der Waals surface area contributed by atoms with E-state index in [-0.39, 0.29) is 11.9 Å². The number of para-hydroxylation sites is 1. The third kappa shape index (κ3) is 4.48. The number of rotatable bonds is 5. The molecule has 25 heavy (non-hydrogen) atoms. The standard InChI is InChI=1S/C19H19NO4S/c1-13(24-18(21)9-8-14-5-4-12-25-14)19(22)20-16-10-11-23-17-7-3-2-6-15(16)17/h2-9,12-13,16H,10-11H2,1H3,(H,20,22)/b9-8+. The molecule has 6 heteroatoms. The Kier molecular flexibility index (Phi) is 5.50. The number of thiophene rings is 1. The van der Waals surface area contributed by atoms with Crippen molar-refractivity contribution in [2.24, 2.45) is 0 Å². The van der Waals surface area contributed by atoms with Crippen LogP contribution in [0.15, 0.2) is 47.9 Å². The lowest BCUT2D eigenvalue weighted by Crippen LogP contribution is -2.39. The van der Waals surface area contributed by atoms with Crippen molar-refractivity contribution < 1.29 is 19.1 Å². The topological polar surface area (TPSA) is 64.6 Å². The van der Waals surface area contributed by atoms with Gasteiger partial charge in [-0.1, -0.05) is 24.3 Å². The molecule has 0 fully saturated rings. The molecule has 0 radical (unpaired) electrons. The molecule has 0 saturated carbocycles. The fraction of sp³-hybridized carbons (Fsp3) is 0.263. The van der Waals surface area contributed by atoms with Gasteiger partial charge in [-0.2, -0.15) is 0 Å². The summed E-state index contributed by atoms with van der Waals surface area (Å²) in [6.45, 7) is 2.11. The van der Waals surface area contributed by atoms with Crippen LogP contribution in [-0.4, -0.2) is 24.6 Å². The summed E-state index contributed by atoms with van der Waals surface area (Å²) < 4.78 is 10.8. The average molecular weight is 357 g/mol. The number of amides is 1. The molecule has 0 spiro atoms. The van der Waals surface area contributed by atoms with Crippen LogP contribution in [0.5, 0.6) is 5.75 Å². The lowest BCUT2D eigenvalue weighted by molar-refractivity contribution is -0.150. The van der Waals surface area contributed by atoms with Crippen LogP contribution in [-0.2, 0) is 14.3 Å². The minimum absolute atomic E-state index is 0.139. The van der Waals surface area contributed by atoms with E-state index in [1.807, 2.05) is 41.8 Å². The van der Waals surface area contributed by atoms with E-state index >= 15 is 0 Å². The van der Waals surface area contributed by atoms with Crippen molar-refractivity contribution in [3.63, 3.8) is 0 Å². The van der Waals surface area contributed by atoms with Gasteiger partial charge in [0.05, 0.1) is 12.6 Å². The molecular weight excluding hydrogens is 338 g/mol. The molecule has 0 bridgehead atoms. The first kappa shape index (κ1) is 17.2. The van der Waals surface area contributed by atoms with Crippen LogP contribution in [0.2, 0.25) is 0 Å². The van der Waals surface area contributed by atoms with Crippen molar-refractivity contribution in [2.45, 2.75) is 25.5 Å². The SMILES string of the molecule is CC(OC(=O)/C=C/c1cccs1)C(=O)NC1CCOc2ccccc21. The monoisotopic (exact) mass is 357 g/mol. The van der Waals surface area contributed by atoms with E-state index in [0.717, 1.165) is 16.2 Å². The molecule has 2 aromatic rings. The summed E-state index contributed by atoms with van der Waals surface area (Å²) in [7, 11) is 0. The van der Waals surface area contributed by atoms with Crippen molar-refractivity contribution in [1.82, 2.24) is 5.32 Å². The lowest BCUT2D eigenvalue weighted by atomic mass is 10.0. The third-order valence-electron chi connectivity index (χ3n) is 3.86. The van der Waals surface area contributed by atoms with Crippen molar-refractivity contribution in [1.29, 1.82) is 0 Å². The fourth-order valence-corrected chi connectivity index (χ4v) is 3.20. The maximum absolute atomic E-state index is 12.3. The van der Waals surface area contributed by atoms with Crippen LogP contribution >= 0.6 is 11.3 Å². The summed E-state index contributed by atoms with van der Waals surface area (Å²) in [5.41, 5.74) is 0.943. The second kappa shape index (κ2) is 7.98. The number of esters is 1. The van der Waals surface area contributed by atoms with Gasteiger partial charge in [-0.3, -0.25) is 4.79 Å². The van der Waals surface area contributed by atoms with Crippen molar-refractivity contribution >= 4 is 29.3 Å². The number of hydrogen-bond donors (Lipinski definition) is 1. The molecule has 5 nitrogen and oxygen atoms in total. The van der Waals surface area contributed by atoms with E-state index in [4.69, 9.17) is 9.47 Å². The van der Waals surface area contributed by atoms with Gasteiger partial charge in [0.1, 0.15) is 5.75 Å². The molecule has 2 atom stereocenters. The number of fused-ring (bicyclic) bond motifs is 1. The van der Waals surface area contributed by atoms with Crippen molar-refractivity contribution in [2.75, 3.05) is 6.61 Å². The molecule has 2 heterocycles. The molecule has 1 aromatic heterocycles. The van der Waals surface area contributed by atoms with Gasteiger partial charge in [0.15, 0.2) is 6.10 Å². The Bertz CT molecular complexity index is 769. The van der Waals surface area contributed by atoms with Crippen LogP contribution in [0.3, 0.4) is 0 Å². The molecule has 1 aromatic carbocycles. The summed E-state index contributed by atoms with van der Waals surface area (Å²) in [4.78, 5) is 25.1. The van der Waals surface area contributed by atoms with E-state index < -0.39 is 12.1 Å². The molecule has 0 aliphatic carbocycles. The molecule has 3 rings (SSSR count). The first-order valence-electron chi connectivity index (χ1n) is 8.08. The summed E-state index contributed by atoms with van der Waals surface area (Å²) in [6.07, 6.45) is 2.82. The van der Waals surface area contributed by atoms with Gasteiger partial charge >= 0.3 is 5.97 Å². The normalized spacial score (nSPS) is 17.4. The Hall–Kier alpha value is -2.60. The van der Waals surface area contributed by atoms with Gasteiger partial charge in [0, 0.05) is 22.9 Å². The first-order valence-corrected chi connectivity index (χ1v) is 8.96. The minimum atomic E-state index is -0.865. The van der Waals surface area contributed by atoms with E-state index in [0.29, 0.717) is 13.0 Å². The maximum Gasteiger partial charge on any atom is 0.331 e. The predicted octanol–water partition coefficient (Wildman–Crippen LogP) is 3.33. The number of carbonyl (C=O) groups excluding carboxylic acids is 2.